The summed E-state index contributed by atoms with van der Waals surface area (Å²) >= 11 is 2.12. The van der Waals surface area contributed by atoms with Crippen LogP contribution >= 0.6 is 22.6 Å². The minimum absolute atomic E-state index is 0.0627. The molecule has 0 atom stereocenters. The number of ether oxygens (including phenoxy) is 2. The van der Waals surface area contributed by atoms with Crippen molar-refractivity contribution in [2.24, 2.45) is 10.8 Å². The maximum atomic E-state index is 14.1. The van der Waals surface area contributed by atoms with Gasteiger partial charge < -0.3 is 19.5 Å². The third-order valence-electron chi connectivity index (χ3n) is 8.21. The predicted molar refractivity (Wildman–Crippen MR) is 168 cm³/mol. The zero-order valence-corrected chi connectivity index (χ0v) is 27.0. The highest BCUT2D eigenvalue weighted by molar-refractivity contribution is 14.1. The molecule has 0 bridgehead atoms. The van der Waals surface area contributed by atoms with Crippen molar-refractivity contribution in [2.75, 3.05) is 13.2 Å². The second-order valence-corrected chi connectivity index (χ2v) is 14.2. The van der Waals surface area contributed by atoms with Crippen LogP contribution in [0.5, 0.6) is 11.5 Å². The van der Waals surface area contributed by atoms with Crippen LogP contribution in [0.1, 0.15) is 77.3 Å². The Morgan fingerprint density at radius 1 is 0.929 bits per heavy atom. The van der Waals surface area contributed by atoms with E-state index < -0.39 is 18.5 Å². The lowest BCUT2D eigenvalue weighted by molar-refractivity contribution is -0.139. The normalized spacial score (nSPS) is 19.9. The molecular weight excluding hydrogens is 645 g/mol. The van der Waals surface area contributed by atoms with Crippen molar-refractivity contribution >= 4 is 40.1 Å². The number of hydrogen-bond donors (Lipinski definition) is 1. The lowest BCUT2D eigenvalue weighted by Gasteiger charge is -2.49. The van der Waals surface area contributed by atoms with E-state index >= 15 is 0 Å². The number of ketones is 2. The molecule has 7 nitrogen and oxygen atoms in total. The molecule has 0 unspecified atom stereocenters. The molecule has 0 radical (unpaired) electrons. The first-order valence-electron chi connectivity index (χ1n) is 14.4. The molecule has 1 N–H and O–H groups in total. The van der Waals surface area contributed by atoms with E-state index in [-0.39, 0.29) is 22.4 Å². The van der Waals surface area contributed by atoms with E-state index in [9.17, 15) is 19.5 Å². The highest BCUT2D eigenvalue weighted by atomic mass is 127. The van der Waals surface area contributed by atoms with Crippen molar-refractivity contribution in [3.63, 3.8) is 0 Å². The largest absolute Gasteiger partial charge is 0.490 e. The van der Waals surface area contributed by atoms with Crippen LogP contribution in [0.4, 0.5) is 0 Å². The second-order valence-electron chi connectivity index (χ2n) is 13.1. The van der Waals surface area contributed by atoms with Gasteiger partial charge in [0, 0.05) is 47.8 Å². The summed E-state index contributed by atoms with van der Waals surface area (Å²) < 4.78 is 12.2. The fourth-order valence-electron chi connectivity index (χ4n) is 6.63. The van der Waals surface area contributed by atoms with Gasteiger partial charge in [0.05, 0.1) is 10.2 Å². The van der Waals surface area contributed by atoms with Crippen molar-refractivity contribution in [1.82, 2.24) is 4.90 Å². The van der Waals surface area contributed by atoms with Gasteiger partial charge in [0.1, 0.15) is 0 Å². The fourth-order valence-corrected chi connectivity index (χ4v) is 7.41. The topological polar surface area (TPSA) is 93.1 Å². The number of nitrogens with zero attached hydrogens (tertiary/aromatic N) is 1. The highest BCUT2D eigenvalue weighted by Crippen LogP contribution is 2.55. The number of rotatable bonds is 8. The Bertz CT molecular complexity index is 1450. The summed E-state index contributed by atoms with van der Waals surface area (Å²) in [6, 6.07) is 13.9. The number of Topliss-reactive ketones (excluding diaryl/α,β-unsaturated/α-hetero) is 2. The van der Waals surface area contributed by atoms with Crippen molar-refractivity contribution in [3.8, 4) is 11.5 Å². The van der Waals surface area contributed by atoms with Gasteiger partial charge in [0.2, 0.25) is 0 Å². The van der Waals surface area contributed by atoms with E-state index in [4.69, 9.17) is 9.47 Å². The lowest BCUT2D eigenvalue weighted by Crippen LogP contribution is -2.44. The van der Waals surface area contributed by atoms with Gasteiger partial charge >= 0.3 is 5.97 Å². The number of carbonyl (C=O) groups excluding carboxylic acids is 2. The predicted octanol–water partition coefficient (Wildman–Crippen LogP) is 7.04. The van der Waals surface area contributed by atoms with E-state index in [0.29, 0.717) is 52.2 Å². The molecule has 42 heavy (non-hydrogen) atoms. The average Bonchev–Trinajstić information content (AvgIpc) is 2.88. The number of aliphatic carboxylic acids is 1. The van der Waals surface area contributed by atoms with Crippen LogP contribution < -0.4 is 9.47 Å². The smallest absolute Gasteiger partial charge is 0.341 e. The molecule has 0 saturated heterocycles. The maximum Gasteiger partial charge on any atom is 0.341 e. The fraction of sp³-hybridized carbons (Fsp3) is 0.441. The van der Waals surface area contributed by atoms with Gasteiger partial charge in [-0.3, -0.25) is 9.59 Å². The van der Waals surface area contributed by atoms with E-state index in [0.717, 1.165) is 35.4 Å². The summed E-state index contributed by atoms with van der Waals surface area (Å²) in [5, 5.41) is 9.22. The van der Waals surface area contributed by atoms with Crippen LogP contribution in [-0.2, 0) is 20.9 Å². The molecule has 2 aromatic rings. The van der Waals surface area contributed by atoms with Crippen molar-refractivity contribution in [3.05, 3.63) is 79.7 Å². The van der Waals surface area contributed by atoms with Gasteiger partial charge in [-0.05, 0) is 76.4 Å². The van der Waals surface area contributed by atoms with Crippen LogP contribution in [0.25, 0.3) is 0 Å². The van der Waals surface area contributed by atoms with Gasteiger partial charge in [-0.25, -0.2) is 4.79 Å². The van der Waals surface area contributed by atoms with E-state index in [1.165, 1.54) is 0 Å². The number of carboxylic acids is 1. The third-order valence-corrected chi connectivity index (χ3v) is 9.01. The Hall–Kier alpha value is -3.14. The molecule has 5 rings (SSSR count). The molecule has 0 amide bonds. The average molecular weight is 684 g/mol. The molecule has 1 heterocycles. The minimum atomic E-state index is -1.08. The summed E-state index contributed by atoms with van der Waals surface area (Å²) in [5.74, 6) is -0.737. The van der Waals surface area contributed by atoms with E-state index in [2.05, 4.69) is 67.3 Å². The molecule has 222 valence electrons. The quantitative estimate of drug-likeness (QED) is 0.299. The molecule has 2 aliphatic carbocycles. The Labute approximate surface area is 261 Å². The molecule has 0 aromatic heterocycles. The summed E-state index contributed by atoms with van der Waals surface area (Å²) in [7, 11) is 0. The zero-order chi connectivity index (χ0) is 30.4. The van der Waals surface area contributed by atoms with E-state index in [1.807, 2.05) is 37.3 Å². The Kier molecular flexibility index (Phi) is 8.31. The van der Waals surface area contributed by atoms with Gasteiger partial charge in [0.25, 0.3) is 0 Å². The van der Waals surface area contributed by atoms with Crippen molar-refractivity contribution < 1.29 is 29.0 Å². The minimum Gasteiger partial charge on any atom is -0.490 e. The highest BCUT2D eigenvalue weighted by Gasteiger charge is 2.49. The molecular formula is C34H38INO6. The third kappa shape index (κ3) is 6.00. The molecule has 3 aliphatic rings. The monoisotopic (exact) mass is 683 g/mol. The van der Waals surface area contributed by atoms with Crippen LogP contribution in [0.15, 0.2) is 65.0 Å². The van der Waals surface area contributed by atoms with Gasteiger partial charge in [0.15, 0.2) is 29.7 Å². The Balaban J connectivity index is 1.75. The summed E-state index contributed by atoms with van der Waals surface area (Å²) in [6.45, 7) is 10.8. The number of allylic oxidation sites excluding steroid dienone is 4. The Morgan fingerprint density at radius 2 is 1.50 bits per heavy atom. The number of hydrogen-bond acceptors (Lipinski definition) is 6. The number of halogens is 1. The first-order valence-corrected chi connectivity index (χ1v) is 15.5. The molecule has 0 saturated carbocycles. The first kappa shape index (κ1) is 30.3. The Morgan fingerprint density at radius 3 is 2.02 bits per heavy atom. The maximum absolute atomic E-state index is 14.1. The molecule has 8 heteroatoms. The second kappa shape index (κ2) is 11.5. The lowest BCUT2D eigenvalue weighted by atomic mass is 9.63. The number of carboxylic acid groups (broad SMARTS) is 1. The zero-order valence-electron chi connectivity index (χ0n) is 24.9. The SMILES string of the molecule is CCOc1cc(C2C3=C(CC(C)(C)CC3=O)N(Cc3ccccc3)C3=C2C(=O)CC(C)(C)C3)cc(I)c1OCC(=O)O. The standard InChI is InChI=1S/C34H38INO6/c1-6-41-27-13-21(12-22(35)32(27)42-19-28(39)40)29-30-23(14-33(2,3)16-25(30)37)36(18-20-10-8-7-9-11-20)24-15-34(4,5)17-26(38)31(24)29/h7-13,29H,6,14-19H2,1-5H3,(H,39,40). The number of benzene rings is 2. The summed E-state index contributed by atoms with van der Waals surface area (Å²) in [5.41, 5.74) is 4.83. The first-order chi connectivity index (χ1) is 19.8. The molecule has 1 aliphatic heterocycles. The van der Waals surface area contributed by atoms with Crippen LogP contribution in [0, 0.1) is 14.4 Å². The van der Waals surface area contributed by atoms with Crippen molar-refractivity contribution in [1.29, 1.82) is 0 Å². The van der Waals surface area contributed by atoms with Gasteiger partial charge in [-0.15, -0.1) is 0 Å². The molecule has 0 spiro atoms. The van der Waals surface area contributed by atoms with Crippen LogP contribution in [0.2, 0.25) is 0 Å². The number of carbonyl (C=O) groups is 3. The van der Waals surface area contributed by atoms with Crippen LogP contribution in [-0.4, -0.2) is 40.8 Å². The van der Waals surface area contributed by atoms with Crippen LogP contribution in [0.3, 0.4) is 0 Å². The van der Waals surface area contributed by atoms with E-state index in [1.54, 1.807) is 0 Å². The van der Waals surface area contributed by atoms with Crippen molar-refractivity contribution in [2.45, 2.75) is 72.8 Å². The van der Waals surface area contributed by atoms with Gasteiger partial charge in [-0.2, -0.15) is 0 Å². The molecule has 2 aromatic carbocycles. The van der Waals surface area contributed by atoms with Gasteiger partial charge in [-0.1, -0.05) is 58.0 Å². The molecule has 0 fully saturated rings. The summed E-state index contributed by atoms with van der Waals surface area (Å²) in [4.78, 5) is 41.8. The summed E-state index contributed by atoms with van der Waals surface area (Å²) in [6.07, 6.45) is 2.24.